The zero-order chi connectivity index (χ0) is 13.2. The lowest BCUT2D eigenvalue weighted by Crippen LogP contribution is -2.29. The van der Waals surface area contributed by atoms with Gasteiger partial charge >= 0.3 is 0 Å². The van der Waals surface area contributed by atoms with Crippen molar-refractivity contribution in [3.8, 4) is 0 Å². The normalized spacial score (nSPS) is 21.7. The van der Waals surface area contributed by atoms with Crippen LogP contribution in [0.15, 0.2) is 24.3 Å². The second-order valence-electron chi connectivity index (χ2n) is 4.85. The van der Waals surface area contributed by atoms with Gasteiger partial charge in [-0.2, -0.15) is 0 Å². The Labute approximate surface area is 107 Å². The lowest BCUT2D eigenvalue weighted by Gasteiger charge is -2.09. The number of hydrogen-bond donors (Lipinski definition) is 1. The smallest absolute Gasteiger partial charge is 0.251 e. The van der Waals surface area contributed by atoms with E-state index in [9.17, 15) is 13.2 Å². The summed E-state index contributed by atoms with van der Waals surface area (Å²) in [4.78, 5) is 11.9. The molecule has 1 saturated heterocycles. The summed E-state index contributed by atoms with van der Waals surface area (Å²) in [6, 6.07) is 7.35. The molecule has 1 aliphatic heterocycles. The highest BCUT2D eigenvalue weighted by Crippen LogP contribution is 2.17. The second-order valence-corrected chi connectivity index (χ2v) is 7.08. The van der Waals surface area contributed by atoms with E-state index in [4.69, 9.17) is 0 Å². The van der Waals surface area contributed by atoms with Crippen molar-refractivity contribution in [2.24, 2.45) is 5.92 Å². The van der Waals surface area contributed by atoms with Gasteiger partial charge in [0.25, 0.3) is 5.91 Å². The fourth-order valence-corrected chi connectivity index (χ4v) is 4.02. The van der Waals surface area contributed by atoms with Gasteiger partial charge < -0.3 is 5.32 Å². The van der Waals surface area contributed by atoms with Crippen LogP contribution >= 0.6 is 0 Å². The zero-order valence-corrected chi connectivity index (χ0v) is 11.2. The van der Waals surface area contributed by atoms with Gasteiger partial charge in [0.2, 0.25) is 0 Å². The molecular weight excluding hydrogens is 250 g/mol. The van der Waals surface area contributed by atoms with E-state index >= 15 is 0 Å². The summed E-state index contributed by atoms with van der Waals surface area (Å²) < 4.78 is 22.6. The maximum absolute atomic E-state index is 11.9. The molecule has 0 saturated carbocycles. The molecule has 0 aliphatic carbocycles. The van der Waals surface area contributed by atoms with Crippen molar-refractivity contribution in [3.63, 3.8) is 0 Å². The van der Waals surface area contributed by atoms with Gasteiger partial charge in [-0.25, -0.2) is 8.42 Å². The first-order valence-electron chi connectivity index (χ1n) is 6.01. The Morgan fingerprint density at radius 1 is 1.44 bits per heavy atom. The van der Waals surface area contributed by atoms with Crippen LogP contribution in [0.25, 0.3) is 0 Å². The van der Waals surface area contributed by atoms with Crippen molar-refractivity contribution in [3.05, 3.63) is 35.4 Å². The topological polar surface area (TPSA) is 63.2 Å². The Bertz CT molecular complexity index is 551. The average Bonchev–Trinajstić information content (AvgIpc) is 2.66. The lowest BCUT2D eigenvalue weighted by atomic mass is 10.1. The molecule has 0 spiro atoms. The van der Waals surface area contributed by atoms with Crippen molar-refractivity contribution < 1.29 is 13.2 Å². The predicted octanol–water partition coefficient (Wildman–Crippen LogP) is 1.16. The van der Waals surface area contributed by atoms with Crippen LogP contribution in [0.4, 0.5) is 0 Å². The van der Waals surface area contributed by atoms with E-state index in [0.717, 1.165) is 5.56 Å². The minimum atomic E-state index is -2.87. The number of hydrogen-bond acceptors (Lipinski definition) is 3. The highest BCUT2D eigenvalue weighted by Gasteiger charge is 2.27. The average molecular weight is 267 g/mol. The molecule has 0 aromatic heterocycles. The summed E-state index contributed by atoms with van der Waals surface area (Å²) in [7, 11) is -2.87. The number of rotatable bonds is 3. The van der Waals surface area contributed by atoms with Crippen LogP contribution in [0.5, 0.6) is 0 Å². The van der Waals surface area contributed by atoms with Gasteiger partial charge in [0.05, 0.1) is 11.5 Å². The summed E-state index contributed by atoms with van der Waals surface area (Å²) in [5.74, 6) is 0.366. The van der Waals surface area contributed by atoms with E-state index in [2.05, 4.69) is 5.32 Å². The van der Waals surface area contributed by atoms with E-state index in [0.29, 0.717) is 18.5 Å². The molecule has 5 heteroatoms. The minimum absolute atomic E-state index is 0.0590. The monoisotopic (exact) mass is 267 g/mol. The molecular formula is C13H17NO3S. The van der Waals surface area contributed by atoms with Crippen molar-refractivity contribution in [2.45, 2.75) is 13.3 Å². The van der Waals surface area contributed by atoms with Crippen LogP contribution in [0, 0.1) is 12.8 Å². The summed E-state index contributed by atoms with van der Waals surface area (Å²) in [5, 5.41) is 2.80. The van der Waals surface area contributed by atoms with Crippen LogP contribution in [0.1, 0.15) is 22.3 Å². The van der Waals surface area contributed by atoms with Crippen molar-refractivity contribution in [1.82, 2.24) is 5.32 Å². The Morgan fingerprint density at radius 3 is 2.83 bits per heavy atom. The quantitative estimate of drug-likeness (QED) is 0.894. The molecule has 1 aromatic rings. The molecule has 1 atom stereocenters. The second kappa shape index (κ2) is 5.10. The molecule has 18 heavy (non-hydrogen) atoms. The number of sulfone groups is 1. The Morgan fingerprint density at radius 2 is 2.22 bits per heavy atom. The van der Waals surface area contributed by atoms with Gasteiger partial charge in [-0.1, -0.05) is 17.7 Å². The van der Waals surface area contributed by atoms with E-state index in [1.54, 1.807) is 6.07 Å². The van der Waals surface area contributed by atoms with Gasteiger partial charge in [0, 0.05) is 12.1 Å². The Hall–Kier alpha value is -1.36. The van der Waals surface area contributed by atoms with Crippen LogP contribution in [0.3, 0.4) is 0 Å². The number of carbonyl (C=O) groups excluding carboxylic acids is 1. The summed E-state index contributed by atoms with van der Waals surface area (Å²) in [5.41, 5.74) is 1.65. The standard InChI is InChI=1S/C13H17NO3S/c1-10-3-2-4-12(7-10)13(15)14-8-11-5-6-18(16,17)9-11/h2-4,7,11H,5-6,8-9H2,1H3,(H,14,15)/t11-/m0/s1. The third-order valence-corrected chi connectivity index (χ3v) is 5.00. The minimum Gasteiger partial charge on any atom is -0.352 e. The molecule has 2 rings (SSSR count). The lowest BCUT2D eigenvalue weighted by molar-refractivity contribution is 0.0948. The van der Waals surface area contributed by atoms with Gasteiger partial charge in [-0.3, -0.25) is 4.79 Å². The van der Waals surface area contributed by atoms with Crippen LogP contribution < -0.4 is 5.32 Å². The van der Waals surface area contributed by atoms with Gasteiger partial charge in [-0.15, -0.1) is 0 Å². The van der Waals surface area contributed by atoms with Gasteiger partial charge in [0.15, 0.2) is 9.84 Å². The summed E-state index contributed by atoms with van der Waals surface area (Å²) >= 11 is 0. The largest absolute Gasteiger partial charge is 0.352 e. The number of carbonyl (C=O) groups is 1. The SMILES string of the molecule is Cc1cccc(C(=O)NC[C@@H]2CCS(=O)(=O)C2)c1. The molecule has 0 radical (unpaired) electrons. The first-order chi connectivity index (χ1) is 8.46. The molecule has 1 fully saturated rings. The first-order valence-corrected chi connectivity index (χ1v) is 7.84. The molecule has 1 heterocycles. The maximum Gasteiger partial charge on any atom is 0.251 e. The number of amides is 1. The van der Waals surface area contributed by atoms with E-state index < -0.39 is 9.84 Å². The molecule has 1 N–H and O–H groups in total. The molecule has 1 aromatic carbocycles. The number of benzene rings is 1. The first kappa shape index (κ1) is 13.1. The van der Waals surface area contributed by atoms with Crippen LogP contribution in [0.2, 0.25) is 0 Å². The highest BCUT2D eigenvalue weighted by atomic mass is 32.2. The molecule has 4 nitrogen and oxygen atoms in total. The zero-order valence-electron chi connectivity index (χ0n) is 10.3. The number of nitrogens with one attached hydrogen (secondary N) is 1. The van der Waals surface area contributed by atoms with Crippen molar-refractivity contribution in [2.75, 3.05) is 18.1 Å². The van der Waals surface area contributed by atoms with E-state index in [1.807, 2.05) is 25.1 Å². The highest BCUT2D eigenvalue weighted by molar-refractivity contribution is 7.91. The molecule has 98 valence electrons. The molecule has 1 aliphatic rings. The predicted molar refractivity (Wildman–Crippen MR) is 70.3 cm³/mol. The number of aryl methyl sites for hydroxylation is 1. The van der Waals surface area contributed by atoms with Crippen LogP contribution in [-0.2, 0) is 9.84 Å². The fourth-order valence-electron chi connectivity index (χ4n) is 2.16. The van der Waals surface area contributed by atoms with Crippen molar-refractivity contribution in [1.29, 1.82) is 0 Å². The third kappa shape index (κ3) is 3.32. The van der Waals surface area contributed by atoms with E-state index in [-0.39, 0.29) is 23.3 Å². The maximum atomic E-state index is 11.9. The molecule has 0 bridgehead atoms. The van der Waals surface area contributed by atoms with Crippen LogP contribution in [-0.4, -0.2) is 32.4 Å². The molecule has 1 amide bonds. The molecule has 0 unspecified atom stereocenters. The van der Waals surface area contributed by atoms with Gasteiger partial charge in [-0.05, 0) is 31.4 Å². The Kier molecular flexibility index (Phi) is 3.71. The fraction of sp³-hybridized carbons (Fsp3) is 0.462. The third-order valence-electron chi connectivity index (χ3n) is 3.16. The summed E-state index contributed by atoms with van der Waals surface area (Å²) in [6.07, 6.45) is 0.649. The Balaban J connectivity index is 1.90. The van der Waals surface area contributed by atoms with Crippen molar-refractivity contribution >= 4 is 15.7 Å². The van der Waals surface area contributed by atoms with Gasteiger partial charge in [0.1, 0.15) is 0 Å². The van der Waals surface area contributed by atoms with E-state index in [1.165, 1.54) is 0 Å². The summed E-state index contributed by atoms with van der Waals surface area (Å²) in [6.45, 7) is 2.37.